The Morgan fingerprint density at radius 2 is 1.67 bits per heavy atom. The summed E-state index contributed by atoms with van der Waals surface area (Å²) in [6.07, 6.45) is 2.98. The van der Waals surface area contributed by atoms with Crippen LogP contribution in [-0.2, 0) is 20.2 Å². The lowest BCUT2D eigenvalue weighted by molar-refractivity contribution is 0.0374. The second-order valence-corrected chi connectivity index (χ2v) is 13.5. The van der Waals surface area contributed by atoms with Gasteiger partial charge in [-0.05, 0) is 73.0 Å². The minimum absolute atomic E-state index is 0.0672. The van der Waals surface area contributed by atoms with Crippen molar-refractivity contribution in [2.75, 3.05) is 62.1 Å². The van der Waals surface area contributed by atoms with Crippen molar-refractivity contribution in [3.8, 4) is 0 Å². The summed E-state index contributed by atoms with van der Waals surface area (Å²) in [7, 11) is -3.81. The Bertz CT molecular complexity index is 1210. The third-order valence-electron chi connectivity index (χ3n) is 7.69. The molecule has 2 heterocycles. The highest BCUT2D eigenvalue weighted by molar-refractivity contribution is 7.92. The van der Waals surface area contributed by atoms with Gasteiger partial charge in [0.1, 0.15) is 0 Å². The van der Waals surface area contributed by atoms with Crippen LogP contribution in [0.25, 0.3) is 0 Å². The number of piperidine rings is 1. The van der Waals surface area contributed by atoms with Crippen molar-refractivity contribution in [3.63, 3.8) is 0 Å². The maximum atomic E-state index is 13.4. The van der Waals surface area contributed by atoms with Crippen molar-refractivity contribution in [3.05, 3.63) is 53.6 Å². The molecule has 0 atom stereocenters. The summed E-state index contributed by atoms with van der Waals surface area (Å²) in [6, 6.07) is 12.3. The zero-order valence-corrected chi connectivity index (χ0v) is 24.6. The average Bonchev–Trinajstić information content (AvgIpc) is 2.91. The van der Waals surface area contributed by atoms with Crippen LogP contribution in [-0.4, -0.2) is 71.7 Å². The Labute approximate surface area is 234 Å². The van der Waals surface area contributed by atoms with Crippen LogP contribution in [0.15, 0.2) is 47.4 Å². The third kappa shape index (κ3) is 7.96. The second kappa shape index (κ2) is 12.7. The van der Waals surface area contributed by atoms with E-state index in [4.69, 9.17) is 4.74 Å². The molecule has 0 aromatic heterocycles. The van der Waals surface area contributed by atoms with Crippen LogP contribution in [0.4, 0.5) is 11.4 Å². The van der Waals surface area contributed by atoms with Gasteiger partial charge in [-0.25, -0.2) is 8.42 Å². The summed E-state index contributed by atoms with van der Waals surface area (Å²) in [5.74, 6) is 0.482. The molecule has 1 amide bonds. The number of nitrogens with zero attached hydrogens (tertiary/aromatic N) is 2. The molecule has 2 N–H and O–H groups in total. The molecule has 2 aliphatic heterocycles. The minimum atomic E-state index is -3.81. The fourth-order valence-electron chi connectivity index (χ4n) is 5.08. The van der Waals surface area contributed by atoms with E-state index >= 15 is 0 Å². The SMILES string of the molecule is CC1CCN(c2ccc(NS(=O)(=O)c3ccc(C(C)(C)C)cc3)cc2C(=O)NCCCN2CCOCC2)CC1. The summed E-state index contributed by atoms with van der Waals surface area (Å²) < 4.78 is 34.5. The lowest BCUT2D eigenvalue weighted by atomic mass is 9.87. The van der Waals surface area contributed by atoms with Crippen LogP contribution in [0.5, 0.6) is 0 Å². The van der Waals surface area contributed by atoms with Gasteiger partial charge < -0.3 is 15.0 Å². The Balaban J connectivity index is 1.49. The molecular weight excluding hydrogens is 512 g/mol. The Hall–Kier alpha value is -2.62. The van der Waals surface area contributed by atoms with Crippen molar-refractivity contribution in [2.24, 2.45) is 5.92 Å². The van der Waals surface area contributed by atoms with Gasteiger partial charge in [0.05, 0.1) is 23.7 Å². The molecule has 0 aliphatic carbocycles. The van der Waals surface area contributed by atoms with Gasteiger partial charge in [-0.1, -0.05) is 39.8 Å². The number of rotatable bonds is 9. The maximum Gasteiger partial charge on any atom is 0.261 e. The molecule has 2 fully saturated rings. The van der Waals surface area contributed by atoms with Crippen molar-refractivity contribution in [1.82, 2.24) is 10.2 Å². The van der Waals surface area contributed by atoms with Gasteiger partial charge in [0.15, 0.2) is 0 Å². The van der Waals surface area contributed by atoms with E-state index in [0.717, 1.165) is 76.5 Å². The largest absolute Gasteiger partial charge is 0.379 e. The molecule has 0 spiro atoms. The highest BCUT2D eigenvalue weighted by Crippen LogP contribution is 2.30. The number of sulfonamides is 1. The average molecular weight is 557 g/mol. The van der Waals surface area contributed by atoms with E-state index in [0.29, 0.717) is 23.7 Å². The maximum absolute atomic E-state index is 13.4. The van der Waals surface area contributed by atoms with Crippen LogP contribution in [0.1, 0.15) is 62.9 Å². The molecule has 9 heteroatoms. The number of anilines is 2. The quantitative estimate of drug-likeness (QED) is 0.443. The van der Waals surface area contributed by atoms with E-state index in [1.165, 1.54) is 0 Å². The van der Waals surface area contributed by atoms with Crippen LogP contribution < -0.4 is 14.9 Å². The number of amides is 1. The fourth-order valence-corrected chi connectivity index (χ4v) is 6.13. The van der Waals surface area contributed by atoms with Crippen molar-refractivity contribution in [1.29, 1.82) is 0 Å². The number of carbonyl (C=O) groups is 1. The zero-order valence-electron chi connectivity index (χ0n) is 23.8. The predicted octanol–water partition coefficient (Wildman–Crippen LogP) is 4.47. The van der Waals surface area contributed by atoms with Gasteiger partial charge >= 0.3 is 0 Å². The molecule has 2 aliphatic rings. The predicted molar refractivity (Wildman–Crippen MR) is 157 cm³/mol. The third-order valence-corrected chi connectivity index (χ3v) is 9.09. The van der Waals surface area contributed by atoms with Gasteiger partial charge in [0.25, 0.3) is 15.9 Å². The minimum Gasteiger partial charge on any atom is -0.379 e. The number of ether oxygens (including phenoxy) is 1. The molecule has 2 aromatic rings. The van der Waals surface area contributed by atoms with E-state index in [-0.39, 0.29) is 16.2 Å². The van der Waals surface area contributed by atoms with Crippen LogP contribution in [0.3, 0.4) is 0 Å². The Morgan fingerprint density at radius 3 is 2.31 bits per heavy atom. The molecule has 2 aromatic carbocycles. The summed E-state index contributed by atoms with van der Waals surface area (Å²) in [4.78, 5) is 18.2. The summed E-state index contributed by atoms with van der Waals surface area (Å²) >= 11 is 0. The highest BCUT2D eigenvalue weighted by Gasteiger charge is 2.23. The van der Waals surface area contributed by atoms with E-state index < -0.39 is 10.0 Å². The van der Waals surface area contributed by atoms with Crippen LogP contribution in [0, 0.1) is 5.92 Å². The van der Waals surface area contributed by atoms with Crippen molar-refractivity contribution >= 4 is 27.3 Å². The first-order valence-electron chi connectivity index (χ1n) is 14.1. The number of hydrogen-bond donors (Lipinski definition) is 2. The molecule has 8 nitrogen and oxygen atoms in total. The highest BCUT2D eigenvalue weighted by atomic mass is 32.2. The first-order valence-corrected chi connectivity index (χ1v) is 15.6. The first-order chi connectivity index (χ1) is 18.5. The van der Waals surface area contributed by atoms with Crippen molar-refractivity contribution in [2.45, 2.75) is 57.3 Å². The summed E-state index contributed by atoms with van der Waals surface area (Å²) in [5.41, 5.74) is 2.73. The Morgan fingerprint density at radius 1 is 1.00 bits per heavy atom. The fraction of sp³-hybridized carbons (Fsp3) is 0.567. The second-order valence-electron chi connectivity index (χ2n) is 11.8. The number of carbonyl (C=O) groups excluding carboxylic acids is 1. The van der Waals surface area contributed by atoms with Crippen LogP contribution >= 0.6 is 0 Å². The molecule has 0 bridgehead atoms. The van der Waals surface area contributed by atoms with Gasteiger partial charge in [0.2, 0.25) is 0 Å². The number of hydrogen-bond acceptors (Lipinski definition) is 6. The zero-order chi connectivity index (χ0) is 28.0. The monoisotopic (exact) mass is 556 g/mol. The lowest BCUT2D eigenvalue weighted by Crippen LogP contribution is -2.38. The van der Waals surface area contributed by atoms with E-state index in [1.54, 1.807) is 24.3 Å². The Kier molecular flexibility index (Phi) is 9.56. The number of nitrogens with one attached hydrogen (secondary N) is 2. The topological polar surface area (TPSA) is 91.0 Å². The summed E-state index contributed by atoms with van der Waals surface area (Å²) in [6.45, 7) is 15.1. The van der Waals surface area contributed by atoms with Gasteiger partial charge in [-0.2, -0.15) is 0 Å². The molecule has 214 valence electrons. The van der Waals surface area contributed by atoms with E-state index in [9.17, 15) is 13.2 Å². The van der Waals surface area contributed by atoms with Crippen LogP contribution in [0.2, 0.25) is 0 Å². The molecule has 0 radical (unpaired) electrons. The molecule has 4 rings (SSSR count). The van der Waals surface area contributed by atoms with E-state index in [2.05, 4.69) is 47.5 Å². The number of benzene rings is 2. The van der Waals surface area contributed by atoms with E-state index in [1.807, 2.05) is 18.2 Å². The normalized spacial score (nSPS) is 17.7. The van der Waals surface area contributed by atoms with Gasteiger partial charge in [-0.3, -0.25) is 14.4 Å². The molecule has 0 saturated carbocycles. The van der Waals surface area contributed by atoms with Crippen molar-refractivity contribution < 1.29 is 17.9 Å². The number of morpholine rings is 1. The van der Waals surface area contributed by atoms with Gasteiger partial charge in [0, 0.05) is 44.1 Å². The molecule has 39 heavy (non-hydrogen) atoms. The van der Waals surface area contributed by atoms with Gasteiger partial charge in [-0.15, -0.1) is 0 Å². The first kappa shape index (κ1) is 29.4. The lowest BCUT2D eigenvalue weighted by Gasteiger charge is -2.33. The molecule has 0 unspecified atom stereocenters. The smallest absolute Gasteiger partial charge is 0.261 e. The molecular formula is C30H44N4O4S. The summed E-state index contributed by atoms with van der Waals surface area (Å²) in [5, 5.41) is 3.07. The standard InChI is InChI=1S/C30H44N4O4S/c1-23-12-16-34(17-13-23)28-11-8-25(32-39(36,37)26-9-6-24(7-10-26)30(2,3)4)22-27(28)29(35)31-14-5-15-33-18-20-38-21-19-33/h6-11,22-23,32H,5,12-21H2,1-4H3,(H,31,35). The molecule has 2 saturated heterocycles.